The zero-order chi connectivity index (χ0) is 19.1. The van der Waals surface area contributed by atoms with Crippen LogP contribution in [0.4, 0.5) is 13.6 Å². The highest BCUT2D eigenvalue weighted by Crippen LogP contribution is 2.20. The maximum Gasteiger partial charge on any atom is 0.410 e. The molecule has 1 aromatic rings. The average Bonchev–Trinajstić information content (AvgIpc) is 2.44. The van der Waals surface area contributed by atoms with Crippen LogP contribution in [0.2, 0.25) is 0 Å². The average molecular weight is 355 g/mol. The zero-order valence-electron chi connectivity index (χ0n) is 15.4. The topological polar surface area (TPSA) is 46.6 Å². The molecule has 0 spiro atoms. The summed E-state index contributed by atoms with van der Waals surface area (Å²) in [6.45, 7) is 6.15. The minimum absolute atomic E-state index is 0.0114. The second-order valence-corrected chi connectivity index (χ2v) is 7.28. The van der Waals surface area contributed by atoms with Crippen molar-refractivity contribution in [2.24, 2.45) is 0 Å². The molecule has 140 valence electrons. The molecule has 0 saturated carbocycles. The van der Waals surface area contributed by atoms with Gasteiger partial charge in [-0.25, -0.2) is 13.6 Å². The van der Waals surface area contributed by atoms with Crippen molar-refractivity contribution in [1.29, 1.82) is 0 Å². The minimum Gasteiger partial charge on any atom is -0.444 e. The summed E-state index contributed by atoms with van der Waals surface area (Å²) in [7, 11) is 0. The monoisotopic (exact) mass is 355 g/mol. The van der Waals surface area contributed by atoms with E-state index < -0.39 is 17.6 Å². The highest BCUT2D eigenvalue weighted by Gasteiger charge is 2.25. The van der Waals surface area contributed by atoms with Crippen LogP contribution in [0.15, 0.2) is 30.3 Å². The van der Waals surface area contributed by atoms with Crippen molar-refractivity contribution < 1.29 is 23.1 Å². The molecular weight excluding hydrogens is 328 g/mol. The lowest BCUT2D eigenvalue weighted by atomic mass is 10.1. The van der Waals surface area contributed by atoms with E-state index in [-0.39, 0.29) is 38.1 Å². The molecule has 0 aliphatic heterocycles. The van der Waals surface area contributed by atoms with Gasteiger partial charge in [0.05, 0.1) is 6.54 Å². The van der Waals surface area contributed by atoms with Crippen LogP contribution in [0.1, 0.15) is 52.5 Å². The summed E-state index contributed by atoms with van der Waals surface area (Å²) >= 11 is 0. The normalized spacial score (nSPS) is 11.9. The van der Waals surface area contributed by atoms with Crippen LogP contribution in [0.25, 0.3) is 0 Å². The molecular formula is C19H27F2NO3. The van der Waals surface area contributed by atoms with Crippen LogP contribution in [0.5, 0.6) is 0 Å². The molecule has 0 aliphatic carbocycles. The van der Waals surface area contributed by atoms with Gasteiger partial charge in [-0.2, -0.15) is 0 Å². The van der Waals surface area contributed by atoms with Crippen LogP contribution < -0.4 is 0 Å². The maximum absolute atomic E-state index is 12.8. The zero-order valence-corrected chi connectivity index (χ0v) is 15.4. The Kier molecular flexibility index (Phi) is 7.52. The summed E-state index contributed by atoms with van der Waals surface area (Å²) in [5.41, 5.74) is 0.181. The van der Waals surface area contributed by atoms with Gasteiger partial charge < -0.3 is 4.74 Å². The number of alkyl halides is 2. The van der Waals surface area contributed by atoms with Crippen molar-refractivity contribution in [2.45, 2.75) is 65.0 Å². The Labute approximate surface area is 148 Å². The summed E-state index contributed by atoms with van der Waals surface area (Å²) in [6.07, 6.45) is -0.831. The van der Waals surface area contributed by atoms with Gasteiger partial charge in [-0.15, -0.1) is 0 Å². The predicted molar refractivity (Wildman–Crippen MR) is 92.6 cm³/mol. The standard InChI is InChI=1S/C19H27F2NO3/c1-18(2,3)25-17(24)22(13-15-9-6-5-7-10-15)14-16(23)11-8-12-19(4,20)21/h5-7,9-10H,8,11-14H2,1-4H3. The molecule has 1 aromatic carbocycles. The van der Waals surface area contributed by atoms with Gasteiger partial charge in [-0.05, 0) is 39.7 Å². The predicted octanol–water partition coefficient (Wildman–Crippen LogP) is 4.82. The molecule has 0 fully saturated rings. The Morgan fingerprint density at radius 3 is 2.20 bits per heavy atom. The molecule has 4 nitrogen and oxygen atoms in total. The lowest BCUT2D eigenvalue weighted by Crippen LogP contribution is -2.39. The highest BCUT2D eigenvalue weighted by molar-refractivity contribution is 5.84. The number of carbonyl (C=O) groups excluding carboxylic acids is 2. The third kappa shape index (κ3) is 9.79. The summed E-state index contributed by atoms with van der Waals surface area (Å²) in [5.74, 6) is -3.04. The molecule has 6 heteroatoms. The summed E-state index contributed by atoms with van der Waals surface area (Å²) in [5, 5.41) is 0. The maximum atomic E-state index is 12.8. The largest absolute Gasteiger partial charge is 0.444 e. The first kappa shape index (κ1) is 21.1. The molecule has 0 saturated heterocycles. The Bertz CT molecular complexity index is 562. The van der Waals surface area contributed by atoms with Gasteiger partial charge in [0.15, 0.2) is 5.78 Å². The number of ether oxygens (including phenoxy) is 1. The van der Waals surface area contributed by atoms with Crippen molar-refractivity contribution >= 4 is 11.9 Å². The molecule has 0 heterocycles. The molecule has 0 atom stereocenters. The Morgan fingerprint density at radius 2 is 1.68 bits per heavy atom. The molecule has 1 amide bonds. The Hall–Kier alpha value is -1.98. The molecule has 25 heavy (non-hydrogen) atoms. The second-order valence-electron chi connectivity index (χ2n) is 7.28. The molecule has 0 aromatic heterocycles. The van der Waals surface area contributed by atoms with E-state index in [9.17, 15) is 18.4 Å². The second kappa shape index (κ2) is 8.92. The van der Waals surface area contributed by atoms with E-state index in [0.29, 0.717) is 0 Å². The van der Waals surface area contributed by atoms with Crippen LogP contribution in [0.3, 0.4) is 0 Å². The molecule has 0 unspecified atom stereocenters. The Morgan fingerprint density at radius 1 is 1.08 bits per heavy atom. The summed E-state index contributed by atoms with van der Waals surface area (Å²) in [4.78, 5) is 25.8. The number of Topliss-reactive ketones (excluding diaryl/α,β-unsaturated/α-hetero) is 1. The van der Waals surface area contributed by atoms with E-state index >= 15 is 0 Å². The quantitative estimate of drug-likeness (QED) is 0.672. The number of ketones is 1. The third-order valence-electron chi connectivity index (χ3n) is 3.31. The van der Waals surface area contributed by atoms with Gasteiger partial charge in [-0.3, -0.25) is 9.69 Å². The van der Waals surface area contributed by atoms with E-state index in [4.69, 9.17) is 4.74 Å². The fraction of sp³-hybridized carbons (Fsp3) is 0.579. The number of hydrogen-bond acceptors (Lipinski definition) is 3. The van der Waals surface area contributed by atoms with Gasteiger partial charge in [0, 0.05) is 19.4 Å². The third-order valence-corrected chi connectivity index (χ3v) is 3.31. The van der Waals surface area contributed by atoms with Crippen LogP contribution >= 0.6 is 0 Å². The van der Waals surface area contributed by atoms with Gasteiger partial charge in [0.25, 0.3) is 0 Å². The molecule has 0 bridgehead atoms. The first-order valence-electron chi connectivity index (χ1n) is 8.38. The van der Waals surface area contributed by atoms with Crippen molar-refractivity contribution in [2.75, 3.05) is 6.54 Å². The SMILES string of the molecule is CC(F)(F)CCCC(=O)CN(Cc1ccccc1)C(=O)OC(C)(C)C. The lowest BCUT2D eigenvalue weighted by molar-refractivity contribution is -0.120. The molecule has 0 radical (unpaired) electrons. The van der Waals surface area contributed by atoms with E-state index in [1.165, 1.54) is 4.90 Å². The highest BCUT2D eigenvalue weighted by atomic mass is 19.3. The number of nitrogens with zero attached hydrogens (tertiary/aromatic N) is 1. The van der Waals surface area contributed by atoms with Crippen molar-refractivity contribution in [3.05, 3.63) is 35.9 Å². The van der Waals surface area contributed by atoms with Gasteiger partial charge in [0.2, 0.25) is 5.92 Å². The lowest BCUT2D eigenvalue weighted by Gasteiger charge is -2.27. The molecule has 0 N–H and O–H groups in total. The van der Waals surface area contributed by atoms with E-state index in [1.54, 1.807) is 20.8 Å². The van der Waals surface area contributed by atoms with Crippen LogP contribution in [0, 0.1) is 0 Å². The van der Waals surface area contributed by atoms with Crippen molar-refractivity contribution in [3.8, 4) is 0 Å². The fourth-order valence-electron chi connectivity index (χ4n) is 2.20. The van der Waals surface area contributed by atoms with Crippen molar-refractivity contribution in [3.63, 3.8) is 0 Å². The smallest absolute Gasteiger partial charge is 0.410 e. The minimum atomic E-state index is -2.78. The summed E-state index contributed by atoms with van der Waals surface area (Å²) in [6, 6.07) is 9.23. The Balaban J connectivity index is 2.70. The van der Waals surface area contributed by atoms with E-state index in [0.717, 1.165) is 12.5 Å². The van der Waals surface area contributed by atoms with Gasteiger partial charge in [-0.1, -0.05) is 30.3 Å². The van der Waals surface area contributed by atoms with Crippen LogP contribution in [-0.4, -0.2) is 34.8 Å². The molecule has 1 rings (SSSR count). The van der Waals surface area contributed by atoms with Crippen molar-refractivity contribution in [1.82, 2.24) is 4.90 Å². The van der Waals surface area contributed by atoms with E-state index in [2.05, 4.69) is 0 Å². The first-order chi connectivity index (χ1) is 11.5. The number of amides is 1. The van der Waals surface area contributed by atoms with Gasteiger partial charge in [0.1, 0.15) is 5.60 Å². The first-order valence-corrected chi connectivity index (χ1v) is 8.38. The summed E-state index contributed by atoms with van der Waals surface area (Å²) < 4.78 is 31.0. The number of halogens is 2. The van der Waals surface area contributed by atoms with E-state index in [1.807, 2.05) is 30.3 Å². The molecule has 0 aliphatic rings. The number of carbonyl (C=O) groups is 2. The number of benzene rings is 1. The number of rotatable bonds is 8. The fourth-order valence-corrected chi connectivity index (χ4v) is 2.20. The van der Waals surface area contributed by atoms with Gasteiger partial charge >= 0.3 is 6.09 Å². The van der Waals surface area contributed by atoms with Crippen LogP contribution in [-0.2, 0) is 16.1 Å². The number of hydrogen-bond donors (Lipinski definition) is 0.